The Morgan fingerprint density at radius 2 is 1.39 bits per heavy atom. The molecule has 1 rings (SSSR count). The molecule has 0 saturated heterocycles. The Morgan fingerprint density at radius 1 is 0.839 bits per heavy atom. The van der Waals surface area contributed by atoms with Crippen LogP contribution in [0.1, 0.15) is 64.0 Å². The Morgan fingerprint density at radius 3 is 1.90 bits per heavy atom. The molecule has 0 amide bonds. The third-order valence-electron chi connectivity index (χ3n) is 5.12. The van der Waals surface area contributed by atoms with Gasteiger partial charge in [0.05, 0.1) is 31.3 Å². The highest BCUT2D eigenvalue weighted by atomic mass is 31.2. The van der Waals surface area contributed by atoms with E-state index in [1.54, 1.807) is 0 Å². The molecule has 10 heteroatoms. The lowest BCUT2D eigenvalue weighted by Gasteiger charge is -2.39. The summed E-state index contributed by atoms with van der Waals surface area (Å²) in [6.45, 7) is 3.83. The number of aliphatic hydroxyl groups excluding tert-OH is 1. The van der Waals surface area contributed by atoms with Gasteiger partial charge in [0.1, 0.15) is 0 Å². The Labute approximate surface area is 188 Å². The molecule has 0 aliphatic carbocycles. The van der Waals surface area contributed by atoms with E-state index in [-0.39, 0.29) is 13.2 Å². The third-order valence-corrected chi connectivity index (χ3v) is 5.84. The van der Waals surface area contributed by atoms with Crippen molar-refractivity contribution in [3.63, 3.8) is 0 Å². The quantitative estimate of drug-likeness (QED) is 0.156. The molecule has 180 valence electrons. The van der Waals surface area contributed by atoms with Crippen molar-refractivity contribution in [3.8, 4) is 0 Å². The van der Waals surface area contributed by atoms with Gasteiger partial charge < -0.3 is 38.5 Å². The molecular weight excluding hydrogens is 442 g/mol. The van der Waals surface area contributed by atoms with E-state index in [1.165, 1.54) is 19.3 Å². The molecule has 1 aromatic carbocycles. The molecule has 5 N–H and O–H groups in total. The van der Waals surface area contributed by atoms with Gasteiger partial charge in [0.2, 0.25) is 0 Å². The van der Waals surface area contributed by atoms with E-state index in [9.17, 15) is 24.7 Å². The Kier molecular flexibility index (Phi) is 15.2. The van der Waals surface area contributed by atoms with Crippen LogP contribution >= 0.6 is 17.2 Å². The average Bonchev–Trinajstić information content (AvgIpc) is 2.74. The van der Waals surface area contributed by atoms with Gasteiger partial charge in [0.25, 0.3) is 0 Å². The molecule has 0 spiro atoms. The van der Waals surface area contributed by atoms with Crippen LogP contribution in [0.5, 0.6) is 0 Å². The first kappa shape index (κ1) is 28.8. The number of unbranched alkanes of at least 4 members (excludes halogenated alkanes) is 4. The zero-order valence-corrected chi connectivity index (χ0v) is 20.3. The van der Waals surface area contributed by atoms with Crippen LogP contribution in [0, 0.1) is 11.3 Å². The molecule has 31 heavy (non-hydrogen) atoms. The van der Waals surface area contributed by atoms with Crippen LogP contribution in [0.2, 0.25) is 0 Å². The van der Waals surface area contributed by atoms with Crippen LogP contribution in [0.3, 0.4) is 0 Å². The van der Waals surface area contributed by atoms with Gasteiger partial charge in [-0.05, 0) is 17.9 Å². The first-order valence-corrected chi connectivity index (χ1v) is 13.0. The van der Waals surface area contributed by atoms with Gasteiger partial charge in [-0.3, -0.25) is 0 Å². The minimum atomic E-state index is -2.66. The molecule has 0 bridgehead atoms. The van der Waals surface area contributed by atoms with Gasteiger partial charge in [0, 0.05) is 6.61 Å². The predicted octanol–water partition coefficient (Wildman–Crippen LogP) is 4.18. The summed E-state index contributed by atoms with van der Waals surface area (Å²) in [6, 6.07) is 9.19. The van der Waals surface area contributed by atoms with Crippen LogP contribution in [0.15, 0.2) is 30.3 Å². The largest absolute Gasteiger partial charge is 0.395 e. The standard InChI is InChI=1S/C21H38O8P2/c1-18(2)11-7-4-3-5-10-14-27-20(19-12-8-6-9-13-19)21(15-22,16-28-30(23)24)17-29-31(25)26/h6,8-9,12-13,18,20,22-26H,3-5,7,10-11,14-17H2,1-2H3. The van der Waals surface area contributed by atoms with E-state index < -0.39 is 35.3 Å². The first-order valence-electron chi connectivity index (χ1n) is 10.7. The minimum Gasteiger partial charge on any atom is -0.395 e. The van der Waals surface area contributed by atoms with Crippen molar-refractivity contribution in [2.75, 3.05) is 26.4 Å². The molecule has 0 saturated carbocycles. The van der Waals surface area contributed by atoms with E-state index in [4.69, 9.17) is 13.8 Å². The van der Waals surface area contributed by atoms with Crippen molar-refractivity contribution in [2.45, 2.75) is 58.5 Å². The number of hydrogen-bond donors (Lipinski definition) is 5. The fraction of sp³-hybridized carbons (Fsp3) is 0.714. The lowest BCUT2D eigenvalue weighted by Crippen LogP contribution is -2.42. The number of hydrogen-bond acceptors (Lipinski definition) is 8. The number of rotatable bonds is 18. The summed E-state index contributed by atoms with van der Waals surface area (Å²) in [6.07, 6.45) is 5.94. The lowest BCUT2D eigenvalue weighted by molar-refractivity contribution is -0.110. The maximum absolute atomic E-state index is 10.2. The Balaban J connectivity index is 2.82. The Hall–Kier alpha value is -0.240. The summed E-state index contributed by atoms with van der Waals surface area (Å²) in [5.74, 6) is 0.726. The van der Waals surface area contributed by atoms with Gasteiger partial charge in [0.15, 0.2) is 0 Å². The molecule has 1 unspecified atom stereocenters. The Bertz CT molecular complexity index is 548. The molecule has 1 atom stereocenters. The van der Waals surface area contributed by atoms with Crippen molar-refractivity contribution in [2.24, 2.45) is 11.3 Å². The molecule has 1 aromatic rings. The van der Waals surface area contributed by atoms with E-state index in [1.807, 2.05) is 30.3 Å². The highest BCUT2D eigenvalue weighted by Crippen LogP contribution is 2.43. The fourth-order valence-corrected chi connectivity index (χ4v) is 4.13. The highest BCUT2D eigenvalue weighted by molar-refractivity contribution is 7.39. The summed E-state index contributed by atoms with van der Waals surface area (Å²) >= 11 is 0. The maximum Gasteiger partial charge on any atom is 0.327 e. The molecule has 8 nitrogen and oxygen atoms in total. The van der Waals surface area contributed by atoms with Crippen LogP contribution in [0.4, 0.5) is 0 Å². The van der Waals surface area contributed by atoms with Crippen LogP contribution in [0.25, 0.3) is 0 Å². The predicted molar refractivity (Wildman–Crippen MR) is 122 cm³/mol. The van der Waals surface area contributed by atoms with Crippen LogP contribution in [-0.4, -0.2) is 51.1 Å². The van der Waals surface area contributed by atoms with E-state index in [0.717, 1.165) is 30.7 Å². The van der Waals surface area contributed by atoms with Crippen molar-refractivity contribution < 1.29 is 38.5 Å². The van der Waals surface area contributed by atoms with E-state index >= 15 is 0 Å². The van der Waals surface area contributed by atoms with Gasteiger partial charge in [-0.2, -0.15) is 0 Å². The summed E-state index contributed by atoms with van der Waals surface area (Å²) in [5, 5.41) is 10.2. The number of ether oxygens (including phenoxy) is 1. The minimum absolute atomic E-state index is 0.292. The topological polar surface area (TPSA) is 129 Å². The van der Waals surface area contributed by atoms with Crippen molar-refractivity contribution in [3.05, 3.63) is 35.9 Å². The molecule has 0 aliphatic heterocycles. The van der Waals surface area contributed by atoms with Gasteiger partial charge in [-0.15, -0.1) is 0 Å². The van der Waals surface area contributed by atoms with E-state index in [0.29, 0.717) is 6.61 Å². The van der Waals surface area contributed by atoms with Crippen molar-refractivity contribution in [1.29, 1.82) is 0 Å². The first-order chi connectivity index (χ1) is 14.8. The maximum atomic E-state index is 10.2. The normalized spacial score (nSPS) is 13.5. The fourth-order valence-electron chi connectivity index (χ4n) is 3.38. The summed E-state index contributed by atoms with van der Waals surface area (Å²) in [5.41, 5.74) is -0.502. The van der Waals surface area contributed by atoms with Crippen LogP contribution < -0.4 is 0 Å². The monoisotopic (exact) mass is 480 g/mol. The van der Waals surface area contributed by atoms with Gasteiger partial charge >= 0.3 is 17.2 Å². The molecule has 0 radical (unpaired) electrons. The van der Waals surface area contributed by atoms with E-state index in [2.05, 4.69) is 13.8 Å². The highest BCUT2D eigenvalue weighted by Gasteiger charge is 2.42. The summed E-state index contributed by atoms with van der Waals surface area (Å²) in [7, 11) is -5.32. The van der Waals surface area contributed by atoms with Crippen molar-refractivity contribution in [1.82, 2.24) is 0 Å². The molecule has 0 fully saturated rings. The molecule has 0 aromatic heterocycles. The molecule has 0 heterocycles. The SMILES string of the molecule is CC(C)CCCCCCCOC(c1ccccc1)C(CO)(COP(O)O)COP(O)O. The van der Waals surface area contributed by atoms with Crippen molar-refractivity contribution >= 4 is 17.2 Å². The zero-order valence-electron chi connectivity index (χ0n) is 18.5. The molecule has 0 aliphatic rings. The second-order valence-corrected chi connectivity index (χ2v) is 9.71. The van der Waals surface area contributed by atoms with Gasteiger partial charge in [-0.25, -0.2) is 0 Å². The third kappa shape index (κ3) is 12.0. The van der Waals surface area contributed by atoms with Crippen LogP contribution in [-0.2, 0) is 13.8 Å². The van der Waals surface area contributed by atoms with Gasteiger partial charge in [-0.1, -0.05) is 76.3 Å². The second-order valence-electron chi connectivity index (χ2n) is 8.18. The average molecular weight is 480 g/mol. The number of benzene rings is 1. The second kappa shape index (κ2) is 16.4. The zero-order chi connectivity index (χ0) is 23.1. The lowest BCUT2D eigenvalue weighted by atomic mass is 9.80. The summed E-state index contributed by atoms with van der Waals surface area (Å²) < 4.78 is 16.2. The summed E-state index contributed by atoms with van der Waals surface area (Å²) in [4.78, 5) is 36.9. The number of aliphatic hydroxyl groups is 1. The smallest absolute Gasteiger partial charge is 0.327 e. The molecular formula is C21H38O8P2.